The van der Waals surface area contributed by atoms with Crippen molar-refractivity contribution in [3.63, 3.8) is 0 Å². The number of ether oxygens (including phenoxy) is 3. The average molecular weight is 360 g/mol. The van der Waals surface area contributed by atoms with Gasteiger partial charge < -0.3 is 14.2 Å². The van der Waals surface area contributed by atoms with E-state index >= 15 is 0 Å². The first kappa shape index (κ1) is 20.6. The molecule has 7 nitrogen and oxygen atoms in total. The number of carbonyl (C=O) groups excluding carboxylic acids is 1. The van der Waals surface area contributed by atoms with E-state index in [1.165, 1.54) is 0 Å². The zero-order valence-corrected chi connectivity index (χ0v) is 14.6. The summed E-state index contributed by atoms with van der Waals surface area (Å²) in [5, 5.41) is 0. The molecule has 0 N–H and O–H groups in total. The molecule has 1 aromatic carbocycles. The second-order valence-electron chi connectivity index (χ2n) is 4.79. The van der Waals surface area contributed by atoms with E-state index in [2.05, 4.69) is 0 Å². The number of esters is 1. The van der Waals surface area contributed by atoms with Crippen LogP contribution >= 0.6 is 0 Å². The Morgan fingerprint density at radius 3 is 2.25 bits per heavy atom. The normalized spacial score (nSPS) is 11.4. The average Bonchev–Trinajstić information content (AvgIpc) is 2.54. The third-order valence-corrected chi connectivity index (χ3v) is 4.02. The smallest absolute Gasteiger partial charge is 0.308 e. The molecule has 0 aliphatic rings. The van der Waals surface area contributed by atoms with Crippen LogP contribution in [-0.2, 0) is 39.1 Å². The first-order chi connectivity index (χ1) is 11.5. The van der Waals surface area contributed by atoms with Gasteiger partial charge in [-0.3, -0.25) is 8.98 Å². The van der Waals surface area contributed by atoms with Crippen molar-refractivity contribution in [2.45, 2.75) is 19.1 Å². The molecule has 0 aliphatic heterocycles. The van der Waals surface area contributed by atoms with Crippen molar-refractivity contribution in [3.05, 3.63) is 35.9 Å². The van der Waals surface area contributed by atoms with E-state index < -0.39 is 10.1 Å². The molecule has 0 saturated heterocycles. The lowest BCUT2D eigenvalue weighted by Gasteiger charge is -2.07. The number of benzene rings is 1. The van der Waals surface area contributed by atoms with E-state index in [1.807, 2.05) is 6.07 Å². The molecule has 136 valence electrons. The van der Waals surface area contributed by atoms with Crippen LogP contribution < -0.4 is 0 Å². The minimum atomic E-state index is -3.61. The van der Waals surface area contributed by atoms with Crippen molar-refractivity contribution in [2.75, 3.05) is 39.6 Å². The Bertz CT molecular complexity index is 557. The maximum atomic E-state index is 11.7. The maximum Gasteiger partial charge on any atom is 0.308 e. The fourth-order valence-electron chi connectivity index (χ4n) is 1.75. The molecule has 0 amide bonds. The minimum Gasteiger partial charge on any atom is -0.466 e. The molecule has 0 fully saturated rings. The number of hydrogen-bond donors (Lipinski definition) is 0. The second-order valence-corrected chi connectivity index (χ2v) is 6.43. The van der Waals surface area contributed by atoms with Crippen molar-refractivity contribution in [2.24, 2.45) is 0 Å². The van der Waals surface area contributed by atoms with Gasteiger partial charge in [0.2, 0.25) is 0 Å². The molecule has 1 aromatic rings. The summed E-state index contributed by atoms with van der Waals surface area (Å²) in [6, 6.07) is 8.82. The molecule has 0 aromatic heterocycles. The summed E-state index contributed by atoms with van der Waals surface area (Å²) in [6.07, 6.45) is 0.203. The lowest BCUT2D eigenvalue weighted by molar-refractivity contribution is -0.144. The highest BCUT2D eigenvalue weighted by Gasteiger charge is 2.12. The molecular formula is C16H24O7S. The van der Waals surface area contributed by atoms with Crippen molar-refractivity contribution in [3.8, 4) is 0 Å². The Morgan fingerprint density at radius 2 is 1.58 bits per heavy atom. The summed E-state index contributed by atoms with van der Waals surface area (Å²) in [5.74, 6) is -0.458. The van der Waals surface area contributed by atoms with Gasteiger partial charge in [-0.1, -0.05) is 30.3 Å². The fourth-order valence-corrected chi connectivity index (χ4v) is 2.76. The zero-order chi connectivity index (χ0) is 17.7. The van der Waals surface area contributed by atoms with Crippen molar-refractivity contribution >= 4 is 16.1 Å². The Balaban J connectivity index is 2.00. The summed E-state index contributed by atoms with van der Waals surface area (Å²) in [6.45, 7) is 3.09. The van der Waals surface area contributed by atoms with Crippen LogP contribution in [0.2, 0.25) is 0 Å². The molecule has 0 spiro atoms. The molecule has 8 heteroatoms. The second kappa shape index (κ2) is 12.0. The van der Waals surface area contributed by atoms with Crippen LogP contribution in [0.4, 0.5) is 0 Å². The third-order valence-electron chi connectivity index (χ3n) is 2.80. The largest absolute Gasteiger partial charge is 0.466 e. The van der Waals surface area contributed by atoms with E-state index in [9.17, 15) is 13.2 Å². The topological polar surface area (TPSA) is 88.1 Å². The Kier molecular flexibility index (Phi) is 10.3. The van der Waals surface area contributed by atoms with Gasteiger partial charge in [-0.05, 0) is 12.5 Å². The summed E-state index contributed by atoms with van der Waals surface area (Å²) >= 11 is 0. The molecule has 0 atom stereocenters. The van der Waals surface area contributed by atoms with Gasteiger partial charge in [0.05, 0.1) is 46.1 Å². The fraction of sp³-hybridized carbons (Fsp3) is 0.562. The van der Waals surface area contributed by atoms with Gasteiger partial charge in [-0.25, -0.2) is 0 Å². The molecule has 0 unspecified atom stereocenters. The van der Waals surface area contributed by atoms with Crippen LogP contribution in [0.3, 0.4) is 0 Å². The monoisotopic (exact) mass is 360 g/mol. The summed E-state index contributed by atoms with van der Waals surface area (Å²) in [7, 11) is -3.61. The van der Waals surface area contributed by atoms with Gasteiger partial charge in [0.25, 0.3) is 10.1 Å². The maximum absolute atomic E-state index is 11.7. The Hall–Kier alpha value is -1.48. The van der Waals surface area contributed by atoms with Crippen LogP contribution in [0.5, 0.6) is 0 Å². The van der Waals surface area contributed by atoms with Gasteiger partial charge >= 0.3 is 5.97 Å². The molecule has 0 heterocycles. The molecular weight excluding hydrogens is 336 g/mol. The van der Waals surface area contributed by atoms with E-state index in [1.54, 1.807) is 31.2 Å². The quantitative estimate of drug-likeness (QED) is 0.299. The molecule has 1 rings (SSSR count). The van der Waals surface area contributed by atoms with Crippen LogP contribution in [0.15, 0.2) is 30.3 Å². The highest BCUT2D eigenvalue weighted by atomic mass is 32.2. The molecule has 24 heavy (non-hydrogen) atoms. The van der Waals surface area contributed by atoms with E-state index in [-0.39, 0.29) is 38.0 Å². The highest BCUT2D eigenvalue weighted by Crippen LogP contribution is 2.06. The molecule has 0 radical (unpaired) electrons. The van der Waals surface area contributed by atoms with Crippen LogP contribution in [-0.4, -0.2) is 54.0 Å². The first-order valence-corrected chi connectivity index (χ1v) is 9.33. The standard InChI is InChI=1S/C16H24O7S/c1-2-22-16(17)8-9-20-10-11-21-12-13-23-24(18,19)14-15-6-4-3-5-7-15/h3-7H,2,8-14H2,1H3. The van der Waals surface area contributed by atoms with E-state index in [0.717, 1.165) is 0 Å². The van der Waals surface area contributed by atoms with E-state index in [4.69, 9.17) is 18.4 Å². The molecule has 0 saturated carbocycles. The van der Waals surface area contributed by atoms with Crippen LogP contribution in [0, 0.1) is 0 Å². The van der Waals surface area contributed by atoms with Gasteiger partial charge in [-0.2, -0.15) is 8.42 Å². The van der Waals surface area contributed by atoms with Gasteiger partial charge in [0, 0.05) is 0 Å². The molecule has 0 bridgehead atoms. The van der Waals surface area contributed by atoms with Crippen LogP contribution in [0.1, 0.15) is 18.9 Å². The third kappa shape index (κ3) is 10.3. The molecule has 0 aliphatic carbocycles. The highest BCUT2D eigenvalue weighted by molar-refractivity contribution is 7.85. The lowest BCUT2D eigenvalue weighted by Crippen LogP contribution is -2.15. The summed E-state index contributed by atoms with van der Waals surface area (Å²) in [5.41, 5.74) is 0.674. The zero-order valence-electron chi connectivity index (χ0n) is 13.8. The summed E-state index contributed by atoms with van der Waals surface area (Å²) < 4.78 is 43.5. The Morgan fingerprint density at radius 1 is 0.958 bits per heavy atom. The van der Waals surface area contributed by atoms with Crippen LogP contribution in [0.25, 0.3) is 0 Å². The van der Waals surface area contributed by atoms with E-state index in [0.29, 0.717) is 25.4 Å². The van der Waals surface area contributed by atoms with Gasteiger partial charge in [0.15, 0.2) is 0 Å². The number of carbonyl (C=O) groups is 1. The summed E-state index contributed by atoms with van der Waals surface area (Å²) in [4.78, 5) is 11.0. The lowest BCUT2D eigenvalue weighted by atomic mass is 10.2. The number of rotatable bonds is 13. The SMILES string of the molecule is CCOC(=O)CCOCCOCCOS(=O)(=O)Cc1ccccc1. The van der Waals surface area contributed by atoms with Gasteiger partial charge in [0.1, 0.15) is 5.75 Å². The first-order valence-electron chi connectivity index (χ1n) is 7.75. The van der Waals surface area contributed by atoms with Crippen molar-refractivity contribution < 1.29 is 31.6 Å². The predicted molar refractivity (Wildman–Crippen MR) is 87.9 cm³/mol. The van der Waals surface area contributed by atoms with Gasteiger partial charge in [-0.15, -0.1) is 0 Å². The minimum absolute atomic E-state index is 0.0437. The number of hydrogen-bond acceptors (Lipinski definition) is 7. The van der Waals surface area contributed by atoms with Crippen molar-refractivity contribution in [1.82, 2.24) is 0 Å². The Labute approximate surface area is 143 Å². The van der Waals surface area contributed by atoms with Crippen molar-refractivity contribution in [1.29, 1.82) is 0 Å². The predicted octanol–water partition coefficient (Wildman–Crippen LogP) is 1.52.